The number of Topliss-reactive ketones (excluding diaryl/α,β-unsaturated/α-hetero) is 1. The molecule has 0 heterocycles. The summed E-state index contributed by atoms with van der Waals surface area (Å²) in [5.41, 5.74) is 0.193. The van der Waals surface area contributed by atoms with Crippen LogP contribution in [-0.4, -0.2) is 17.0 Å². The maximum atomic E-state index is 11.8. The largest absolute Gasteiger partial charge is 0.465 e. The molecule has 122 valence electrons. The monoisotopic (exact) mass is 297 g/mol. The van der Waals surface area contributed by atoms with Gasteiger partial charge < -0.3 is 5.11 Å². The van der Waals surface area contributed by atoms with Crippen molar-refractivity contribution < 1.29 is 14.7 Å². The zero-order valence-corrected chi connectivity index (χ0v) is 13.6. The number of rotatable bonds is 13. The highest BCUT2D eigenvalue weighted by Gasteiger charge is 2.10. The molecule has 4 nitrogen and oxygen atoms in total. The molecule has 4 heteroatoms. The molecule has 0 unspecified atom stereocenters. The zero-order chi connectivity index (χ0) is 15.9. The number of carbonyl (C=O) groups excluding carboxylic acids is 1. The summed E-state index contributed by atoms with van der Waals surface area (Å²) in [5, 5.41) is 10.7. The number of ketones is 1. The first-order valence-corrected chi connectivity index (χ1v) is 8.31. The summed E-state index contributed by atoms with van der Waals surface area (Å²) in [6, 6.07) is 0. The lowest BCUT2D eigenvalue weighted by atomic mass is 10.0. The highest BCUT2D eigenvalue weighted by Crippen LogP contribution is 2.12. The summed E-state index contributed by atoms with van der Waals surface area (Å²) >= 11 is 0. The zero-order valence-electron chi connectivity index (χ0n) is 13.6. The summed E-state index contributed by atoms with van der Waals surface area (Å²) in [7, 11) is 0. The van der Waals surface area contributed by atoms with Gasteiger partial charge in [-0.15, -0.1) is 0 Å². The first-order chi connectivity index (χ1) is 10.1. The van der Waals surface area contributed by atoms with E-state index in [-0.39, 0.29) is 11.5 Å². The Labute approximate surface area is 129 Å². The maximum Gasteiger partial charge on any atom is 0.409 e. The second-order valence-corrected chi connectivity index (χ2v) is 5.49. The first-order valence-electron chi connectivity index (χ1n) is 8.31. The molecule has 21 heavy (non-hydrogen) atoms. The lowest BCUT2D eigenvalue weighted by Crippen LogP contribution is -2.25. The molecular formula is C17H31NO3. The van der Waals surface area contributed by atoms with E-state index in [1.54, 1.807) is 6.92 Å². The summed E-state index contributed by atoms with van der Waals surface area (Å²) in [5.74, 6) is -0.112. The Balaban J connectivity index is 3.49. The summed E-state index contributed by atoms with van der Waals surface area (Å²) in [6.45, 7) is 3.90. The van der Waals surface area contributed by atoms with E-state index in [1.165, 1.54) is 57.4 Å². The number of hydrogen-bond donors (Lipinski definition) is 2. The van der Waals surface area contributed by atoms with Crippen LogP contribution in [0.2, 0.25) is 0 Å². The van der Waals surface area contributed by atoms with Crippen LogP contribution in [0.15, 0.2) is 11.8 Å². The first kappa shape index (κ1) is 19.7. The lowest BCUT2D eigenvalue weighted by Gasteiger charge is -2.05. The van der Waals surface area contributed by atoms with Crippen molar-refractivity contribution in [1.29, 1.82) is 0 Å². The molecule has 0 saturated heterocycles. The van der Waals surface area contributed by atoms with Crippen molar-refractivity contribution in [1.82, 2.24) is 5.32 Å². The number of carboxylic acid groups (broad SMARTS) is 1. The van der Waals surface area contributed by atoms with Crippen LogP contribution in [0.25, 0.3) is 0 Å². The third-order valence-electron chi connectivity index (χ3n) is 3.59. The van der Waals surface area contributed by atoms with Gasteiger partial charge in [0.2, 0.25) is 0 Å². The standard InChI is InChI=1S/C17H31NO3/c1-3-5-6-7-8-9-10-11-12-13-14-16(19)15(4-2)18-17(20)21/h4,18H,3,5-14H2,1-2H3,(H,20,21)/b15-4-. The third kappa shape index (κ3) is 12.2. The van der Waals surface area contributed by atoms with E-state index in [9.17, 15) is 9.59 Å². The number of hydrogen-bond acceptors (Lipinski definition) is 2. The van der Waals surface area contributed by atoms with E-state index in [0.717, 1.165) is 12.8 Å². The molecule has 0 fully saturated rings. The van der Waals surface area contributed by atoms with Crippen LogP contribution in [0.1, 0.15) is 84.5 Å². The van der Waals surface area contributed by atoms with Crippen molar-refractivity contribution in [3.05, 3.63) is 11.8 Å². The summed E-state index contributed by atoms with van der Waals surface area (Å²) in [4.78, 5) is 22.3. The number of unbranched alkanes of at least 4 members (excludes halogenated alkanes) is 9. The van der Waals surface area contributed by atoms with Crippen LogP contribution in [0.5, 0.6) is 0 Å². The van der Waals surface area contributed by atoms with Gasteiger partial charge in [0.1, 0.15) is 0 Å². The van der Waals surface area contributed by atoms with Crippen LogP contribution in [0.3, 0.4) is 0 Å². The van der Waals surface area contributed by atoms with E-state index in [1.807, 2.05) is 0 Å². The van der Waals surface area contributed by atoms with Crippen molar-refractivity contribution in [2.45, 2.75) is 84.5 Å². The molecule has 2 N–H and O–H groups in total. The number of allylic oxidation sites excluding steroid dienone is 2. The Morgan fingerprint density at radius 3 is 1.81 bits per heavy atom. The van der Waals surface area contributed by atoms with E-state index in [0.29, 0.717) is 6.42 Å². The average molecular weight is 297 g/mol. The van der Waals surface area contributed by atoms with Crippen molar-refractivity contribution in [3.63, 3.8) is 0 Å². The lowest BCUT2D eigenvalue weighted by molar-refractivity contribution is -0.116. The molecule has 0 radical (unpaired) electrons. The molecule has 1 amide bonds. The van der Waals surface area contributed by atoms with E-state index >= 15 is 0 Å². The molecular weight excluding hydrogens is 266 g/mol. The Kier molecular flexibility index (Phi) is 12.8. The van der Waals surface area contributed by atoms with Gasteiger partial charge in [-0.1, -0.05) is 70.8 Å². The molecule has 0 aromatic carbocycles. The highest BCUT2D eigenvalue weighted by molar-refractivity contribution is 5.97. The van der Waals surface area contributed by atoms with Crippen molar-refractivity contribution in [2.75, 3.05) is 0 Å². The topological polar surface area (TPSA) is 66.4 Å². The van der Waals surface area contributed by atoms with Gasteiger partial charge in [0.15, 0.2) is 5.78 Å². The van der Waals surface area contributed by atoms with Gasteiger partial charge in [0.25, 0.3) is 0 Å². The number of carbonyl (C=O) groups is 2. The number of nitrogens with one attached hydrogen (secondary N) is 1. The summed E-state index contributed by atoms with van der Waals surface area (Å²) < 4.78 is 0. The second-order valence-electron chi connectivity index (χ2n) is 5.49. The van der Waals surface area contributed by atoms with Crippen molar-refractivity contribution in [3.8, 4) is 0 Å². The van der Waals surface area contributed by atoms with E-state index in [2.05, 4.69) is 12.2 Å². The summed E-state index contributed by atoms with van der Waals surface area (Å²) in [6.07, 6.45) is 13.0. The third-order valence-corrected chi connectivity index (χ3v) is 3.59. The molecule has 0 aromatic heterocycles. The number of amides is 1. The molecule has 0 atom stereocenters. The smallest absolute Gasteiger partial charge is 0.409 e. The Hall–Kier alpha value is -1.32. The molecule has 0 aliphatic rings. The normalized spacial score (nSPS) is 11.4. The van der Waals surface area contributed by atoms with Gasteiger partial charge in [-0.2, -0.15) is 0 Å². The van der Waals surface area contributed by atoms with Crippen molar-refractivity contribution >= 4 is 11.9 Å². The van der Waals surface area contributed by atoms with Gasteiger partial charge in [-0.25, -0.2) is 4.79 Å². The minimum Gasteiger partial charge on any atom is -0.465 e. The average Bonchev–Trinajstić information content (AvgIpc) is 2.46. The van der Waals surface area contributed by atoms with Crippen LogP contribution in [-0.2, 0) is 4.79 Å². The molecule has 0 bridgehead atoms. The van der Waals surface area contributed by atoms with Crippen LogP contribution in [0.4, 0.5) is 4.79 Å². The fourth-order valence-electron chi connectivity index (χ4n) is 2.33. The van der Waals surface area contributed by atoms with Gasteiger partial charge in [-0.3, -0.25) is 10.1 Å². The highest BCUT2D eigenvalue weighted by atomic mass is 16.4. The maximum absolute atomic E-state index is 11.8. The Morgan fingerprint density at radius 2 is 1.38 bits per heavy atom. The predicted molar refractivity (Wildman–Crippen MR) is 86.4 cm³/mol. The van der Waals surface area contributed by atoms with Crippen molar-refractivity contribution in [2.24, 2.45) is 0 Å². The molecule has 0 aliphatic carbocycles. The Morgan fingerprint density at radius 1 is 0.905 bits per heavy atom. The van der Waals surface area contributed by atoms with E-state index < -0.39 is 6.09 Å². The Bertz CT molecular complexity index is 324. The minimum absolute atomic E-state index is 0.112. The van der Waals surface area contributed by atoms with Crippen LogP contribution >= 0.6 is 0 Å². The van der Waals surface area contributed by atoms with Crippen LogP contribution in [0, 0.1) is 0 Å². The molecule has 0 rings (SSSR count). The molecule has 0 spiro atoms. The van der Waals surface area contributed by atoms with Gasteiger partial charge in [0, 0.05) is 6.42 Å². The fraction of sp³-hybridized carbons (Fsp3) is 0.765. The van der Waals surface area contributed by atoms with Gasteiger partial charge in [-0.05, 0) is 13.3 Å². The minimum atomic E-state index is -1.18. The molecule has 0 saturated carbocycles. The SMILES string of the molecule is C/C=C(\NC(=O)O)C(=O)CCCCCCCCCCCC. The quantitative estimate of drug-likeness (QED) is 0.370. The van der Waals surface area contributed by atoms with Gasteiger partial charge in [0.05, 0.1) is 5.70 Å². The van der Waals surface area contributed by atoms with E-state index in [4.69, 9.17) is 5.11 Å². The van der Waals surface area contributed by atoms with Crippen LogP contribution < -0.4 is 5.32 Å². The predicted octanol–water partition coefficient (Wildman–Crippen LogP) is 5.04. The molecule has 0 aromatic rings. The fourth-order valence-corrected chi connectivity index (χ4v) is 2.33. The van der Waals surface area contributed by atoms with Gasteiger partial charge >= 0.3 is 6.09 Å². The second kappa shape index (κ2) is 13.7. The molecule has 0 aliphatic heterocycles.